The molecule has 22 heavy (non-hydrogen) atoms. The Kier molecular flexibility index (Phi) is 4.29. The topological polar surface area (TPSA) is 45.5 Å². The highest BCUT2D eigenvalue weighted by Crippen LogP contribution is 2.24. The molecule has 0 aliphatic carbocycles. The molecule has 116 valence electrons. The lowest BCUT2D eigenvalue weighted by Gasteiger charge is -2.24. The van der Waals surface area contributed by atoms with Gasteiger partial charge < -0.3 is 9.73 Å². The van der Waals surface area contributed by atoms with E-state index in [1.165, 1.54) is 5.56 Å². The summed E-state index contributed by atoms with van der Waals surface area (Å²) in [5, 5.41) is 3.08. The van der Waals surface area contributed by atoms with E-state index in [0.717, 1.165) is 25.1 Å². The van der Waals surface area contributed by atoms with Gasteiger partial charge in [-0.1, -0.05) is 30.3 Å². The van der Waals surface area contributed by atoms with Crippen LogP contribution < -0.4 is 5.32 Å². The van der Waals surface area contributed by atoms with Crippen LogP contribution in [0.5, 0.6) is 0 Å². The molecule has 0 spiro atoms. The molecule has 4 nitrogen and oxygen atoms in total. The smallest absolute Gasteiger partial charge is 0.287 e. The monoisotopic (exact) mass is 298 g/mol. The van der Waals surface area contributed by atoms with Gasteiger partial charge in [-0.25, -0.2) is 0 Å². The molecular formula is C18H22N2O2. The van der Waals surface area contributed by atoms with E-state index >= 15 is 0 Å². The number of nitrogens with one attached hydrogen (secondary N) is 1. The van der Waals surface area contributed by atoms with Crippen LogP contribution in [0.4, 0.5) is 0 Å². The fraction of sp³-hybridized carbons (Fsp3) is 0.389. The quantitative estimate of drug-likeness (QED) is 0.943. The molecule has 0 radical (unpaired) electrons. The van der Waals surface area contributed by atoms with Gasteiger partial charge in [0.25, 0.3) is 5.91 Å². The van der Waals surface area contributed by atoms with Crippen molar-refractivity contribution in [1.82, 2.24) is 10.2 Å². The highest BCUT2D eigenvalue weighted by Gasteiger charge is 2.28. The molecule has 0 unspecified atom stereocenters. The Morgan fingerprint density at radius 1 is 1.32 bits per heavy atom. The molecule has 1 saturated heterocycles. The van der Waals surface area contributed by atoms with Crippen LogP contribution in [-0.4, -0.2) is 29.9 Å². The fourth-order valence-electron chi connectivity index (χ4n) is 3.06. The molecule has 1 amide bonds. The molecule has 1 aromatic heterocycles. The minimum Gasteiger partial charge on any atom is -0.459 e. The van der Waals surface area contributed by atoms with Crippen LogP contribution in [0, 0.1) is 6.92 Å². The number of rotatable bonds is 4. The molecule has 2 aromatic rings. The molecule has 0 bridgehead atoms. The van der Waals surface area contributed by atoms with E-state index < -0.39 is 0 Å². The fourth-order valence-corrected chi connectivity index (χ4v) is 3.06. The largest absolute Gasteiger partial charge is 0.459 e. The van der Waals surface area contributed by atoms with E-state index in [9.17, 15) is 4.79 Å². The molecule has 2 atom stereocenters. The molecule has 1 aromatic carbocycles. The van der Waals surface area contributed by atoms with Crippen LogP contribution in [0.1, 0.15) is 41.1 Å². The molecule has 2 heterocycles. The number of nitrogens with zero attached hydrogens (tertiary/aromatic N) is 1. The van der Waals surface area contributed by atoms with Crippen LogP contribution in [0.2, 0.25) is 0 Å². The Balaban J connectivity index is 1.59. The maximum Gasteiger partial charge on any atom is 0.287 e. The SMILES string of the molecule is Cc1ccoc1C(=O)N[C@H]1CCN([C@@H](C)c2ccccc2)C1. The molecule has 1 aliphatic heterocycles. The van der Waals surface area contributed by atoms with Gasteiger partial charge in [0.1, 0.15) is 0 Å². The third-order valence-corrected chi connectivity index (χ3v) is 4.45. The molecule has 3 rings (SSSR count). The lowest BCUT2D eigenvalue weighted by atomic mass is 10.1. The summed E-state index contributed by atoms with van der Waals surface area (Å²) >= 11 is 0. The molecule has 1 aliphatic rings. The average Bonchev–Trinajstić information content (AvgIpc) is 3.16. The Bertz CT molecular complexity index is 636. The van der Waals surface area contributed by atoms with Crippen molar-refractivity contribution in [2.45, 2.75) is 32.4 Å². The second kappa shape index (κ2) is 6.36. The Hall–Kier alpha value is -2.07. The number of hydrogen-bond acceptors (Lipinski definition) is 3. The zero-order valence-electron chi connectivity index (χ0n) is 13.1. The van der Waals surface area contributed by atoms with Crippen LogP contribution in [0.15, 0.2) is 47.1 Å². The Morgan fingerprint density at radius 3 is 2.77 bits per heavy atom. The van der Waals surface area contributed by atoms with Crippen LogP contribution in [-0.2, 0) is 0 Å². The van der Waals surface area contributed by atoms with Gasteiger partial charge in [0, 0.05) is 30.7 Å². The normalized spacial score (nSPS) is 20.0. The molecule has 1 N–H and O–H groups in total. The van der Waals surface area contributed by atoms with Crippen molar-refractivity contribution >= 4 is 5.91 Å². The molecular weight excluding hydrogens is 276 g/mol. The van der Waals surface area contributed by atoms with Crippen LogP contribution in [0.25, 0.3) is 0 Å². The number of hydrogen-bond donors (Lipinski definition) is 1. The first-order chi connectivity index (χ1) is 10.6. The summed E-state index contributed by atoms with van der Waals surface area (Å²) in [4.78, 5) is 14.6. The van der Waals surface area contributed by atoms with Gasteiger partial charge >= 0.3 is 0 Å². The van der Waals surface area contributed by atoms with Gasteiger partial charge in [-0.3, -0.25) is 9.69 Å². The van der Waals surface area contributed by atoms with Crippen molar-refractivity contribution in [3.8, 4) is 0 Å². The van der Waals surface area contributed by atoms with E-state index in [1.54, 1.807) is 6.26 Å². The molecule has 0 saturated carbocycles. The number of amides is 1. The average molecular weight is 298 g/mol. The summed E-state index contributed by atoms with van der Waals surface area (Å²) in [6.07, 6.45) is 2.53. The van der Waals surface area contributed by atoms with Crippen molar-refractivity contribution in [2.24, 2.45) is 0 Å². The number of aryl methyl sites for hydroxylation is 1. The van der Waals surface area contributed by atoms with Gasteiger partial charge in [-0.05, 0) is 31.9 Å². The van der Waals surface area contributed by atoms with E-state index in [4.69, 9.17) is 4.42 Å². The summed E-state index contributed by atoms with van der Waals surface area (Å²) in [6.45, 7) is 5.98. The van der Waals surface area contributed by atoms with Gasteiger partial charge in [0.2, 0.25) is 0 Å². The zero-order valence-corrected chi connectivity index (χ0v) is 13.1. The van der Waals surface area contributed by atoms with Gasteiger partial charge in [-0.15, -0.1) is 0 Å². The first-order valence-electron chi connectivity index (χ1n) is 7.79. The molecule has 4 heteroatoms. The number of carbonyl (C=O) groups is 1. The van der Waals surface area contributed by atoms with E-state index in [0.29, 0.717) is 11.8 Å². The van der Waals surface area contributed by atoms with Gasteiger partial charge in [-0.2, -0.15) is 0 Å². The second-order valence-electron chi connectivity index (χ2n) is 5.97. The van der Waals surface area contributed by atoms with E-state index in [1.807, 2.05) is 19.1 Å². The first-order valence-corrected chi connectivity index (χ1v) is 7.79. The van der Waals surface area contributed by atoms with E-state index in [2.05, 4.69) is 41.4 Å². The Labute approximate surface area is 131 Å². The molecule has 1 fully saturated rings. The summed E-state index contributed by atoms with van der Waals surface area (Å²) in [7, 11) is 0. The summed E-state index contributed by atoms with van der Waals surface area (Å²) in [5.74, 6) is 0.316. The standard InChI is InChI=1S/C18H22N2O2/c1-13-9-11-22-17(13)18(21)19-16-8-10-20(12-16)14(2)15-6-4-3-5-7-15/h3-7,9,11,14,16H,8,10,12H2,1-2H3,(H,19,21)/t14-,16-/m0/s1. The van der Waals surface area contributed by atoms with Crippen molar-refractivity contribution in [1.29, 1.82) is 0 Å². The van der Waals surface area contributed by atoms with Gasteiger partial charge in [0.05, 0.1) is 6.26 Å². The summed E-state index contributed by atoms with van der Waals surface area (Å²) < 4.78 is 5.25. The minimum atomic E-state index is -0.110. The van der Waals surface area contributed by atoms with Crippen molar-refractivity contribution in [3.05, 3.63) is 59.5 Å². The number of likely N-dealkylation sites (tertiary alicyclic amines) is 1. The lowest BCUT2D eigenvalue weighted by molar-refractivity contribution is 0.0907. The third kappa shape index (κ3) is 3.07. The first kappa shape index (κ1) is 14.9. The third-order valence-electron chi connectivity index (χ3n) is 4.45. The van der Waals surface area contributed by atoms with Crippen LogP contribution >= 0.6 is 0 Å². The second-order valence-corrected chi connectivity index (χ2v) is 5.97. The number of carbonyl (C=O) groups excluding carboxylic acids is 1. The van der Waals surface area contributed by atoms with Crippen LogP contribution in [0.3, 0.4) is 0 Å². The lowest BCUT2D eigenvalue weighted by Crippen LogP contribution is -2.37. The number of furan rings is 1. The van der Waals surface area contributed by atoms with Crippen molar-refractivity contribution < 1.29 is 9.21 Å². The maximum absolute atomic E-state index is 12.2. The minimum absolute atomic E-state index is 0.110. The maximum atomic E-state index is 12.2. The predicted molar refractivity (Wildman–Crippen MR) is 85.7 cm³/mol. The highest BCUT2D eigenvalue weighted by molar-refractivity contribution is 5.93. The predicted octanol–water partition coefficient (Wildman–Crippen LogP) is 3.15. The van der Waals surface area contributed by atoms with Gasteiger partial charge in [0.15, 0.2) is 5.76 Å². The summed E-state index contributed by atoms with van der Waals surface area (Å²) in [5.41, 5.74) is 2.20. The van der Waals surface area contributed by atoms with E-state index in [-0.39, 0.29) is 11.9 Å². The zero-order chi connectivity index (χ0) is 15.5. The van der Waals surface area contributed by atoms with Crippen molar-refractivity contribution in [3.63, 3.8) is 0 Å². The highest BCUT2D eigenvalue weighted by atomic mass is 16.3. The Morgan fingerprint density at radius 2 is 2.09 bits per heavy atom. The summed E-state index contributed by atoms with van der Waals surface area (Å²) in [6, 6.07) is 12.9. The number of benzene rings is 1. The van der Waals surface area contributed by atoms with Crippen molar-refractivity contribution in [2.75, 3.05) is 13.1 Å².